The van der Waals surface area contributed by atoms with E-state index in [2.05, 4.69) is 24.6 Å². The van der Waals surface area contributed by atoms with E-state index in [9.17, 15) is 9.18 Å². The Hall–Kier alpha value is -3.07. The molecule has 0 spiro atoms. The van der Waals surface area contributed by atoms with E-state index in [-0.39, 0.29) is 11.8 Å². The van der Waals surface area contributed by atoms with Gasteiger partial charge >= 0.3 is 6.03 Å². The molecule has 1 aliphatic rings. The number of aryl methyl sites for hydroxylation is 1. The van der Waals surface area contributed by atoms with Crippen molar-refractivity contribution >= 4 is 28.4 Å². The third kappa shape index (κ3) is 4.86. The summed E-state index contributed by atoms with van der Waals surface area (Å²) in [4.78, 5) is 25.2. The Bertz CT molecular complexity index is 967. The first-order valence-corrected chi connectivity index (χ1v) is 10.1. The fourth-order valence-corrected chi connectivity index (χ4v) is 3.81. The third-order valence-corrected chi connectivity index (χ3v) is 5.55. The van der Waals surface area contributed by atoms with Gasteiger partial charge in [-0.3, -0.25) is 4.98 Å². The molecule has 150 valence electrons. The summed E-state index contributed by atoms with van der Waals surface area (Å²) < 4.78 is 17.4. The van der Waals surface area contributed by atoms with Crippen LogP contribution in [0.4, 0.5) is 20.0 Å². The highest BCUT2D eigenvalue weighted by atomic mass is 32.1. The predicted octanol–water partition coefficient (Wildman–Crippen LogP) is 3.33. The van der Waals surface area contributed by atoms with Gasteiger partial charge < -0.3 is 15.1 Å². The van der Waals surface area contributed by atoms with Crippen LogP contribution < -0.4 is 10.2 Å². The molecule has 0 radical (unpaired) electrons. The van der Waals surface area contributed by atoms with Crippen LogP contribution in [0.25, 0.3) is 0 Å². The molecule has 1 N–H and O–H groups in total. The number of aromatic nitrogens is 3. The number of anilines is 2. The Kier molecular flexibility index (Phi) is 5.66. The summed E-state index contributed by atoms with van der Waals surface area (Å²) in [7, 11) is 0. The maximum absolute atomic E-state index is 13.0. The zero-order valence-electron chi connectivity index (χ0n) is 16.0. The van der Waals surface area contributed by atoms with E-state index in [1.807, 2.05) is 19.1 Å². The van der Waals surface area contributed by atoms with Crippen molar-refractivity contribution in [2.75, 3.05) is 36.4 Å². The van der Waals surface area contributed by atoms with E-state index >= 15 is 0 Å². The molecule has 0 bridgehead atoms. The van der Waals surface area contributed by atoms with Crippen molar-refractivity contribution in [2.45, 2.75) is 13.3 Å². The van der Waals surface area contributed by atoms with Crippen LogP contribution in [0.1, 0.15) is 17.1 Å². The van der Waals surface area contributed by atoms with Crippen molar-refractivity contribution in [3.05, 3.63) is 65.5 Å². The second kappa shape index (κ2) is 8.52. The summed E-state index contributed by atoms with van der Waals surface area (Å²) >= 11 is 1.36. The fourth-order valence-electron chi connectivity index (χ4n) is 3.07. The molecule has 3 heterocycles. The minimum Gasteiger partial charge on any atom is -0.343 e. The van der Waals surface area contributed by atoms with Crippen LogP contribution in [0, 0.1) is 12.7 Å². The SMILES string of the molecule is Cc1ccc(NC(=O)N2CCN(c3nc(Cc4ccc(F)cc4)ns3)CC2)cn1. The van der Waals surface area contributed by atoms with Crippen molar-refractivity contribution < 1.29 is 9.18 Å². The first-order chi connectivity index (χ1) is 14.1. The molecule has 4 rings (SSSR count). The quantitative estimate of drug-likeness (QED) is 0.712. The largest absolute Gasteiger partial charge is 0.343 e. The lowest BCUT2D eigenvalue weighted by Crippen LogP contribution is -2.50. The second-order valence-corrected chi connectivity index (χ2v) is 7.62. The zero-order valence-corrected chi connectivity index (χ0v) is 16.8. The Morgan fingerprint density at radius 2 is 1.90 bits per heavy atom. The predicted molar refractivity (Wildman–Crippen MR) is 111 cm³/mol. The lowest BCUT2D eigenvalue weighted by atomic mass is 10.1. The maximum atomic E-state index is 13.0. The number of rotatable bonds is 4. The summed E-state index contributed by atoms with van der Waals surface area (Å²) in [6.07, 6.45) is 2.23. The molecule has 0 unspecified atom stereocenters. The number of piperazine rings is 1. The van der Waals surface area contributed by atoms with Crippen LogP contribution in [-0.2, 0) is 6.42 Å². The molecule has 0 atom stereocenters. The third-order valence-electron chi connectivity index (χ3n) is 4.73. The summed E-state index contributed by atoms with van der Waals surface area (Å²) in [5.74, 6) is 0.477. The summed E-state index contributed by atoms with van der Waals surface area (Å²) in [5, 5.41) is 3.73. The number of hydrogen-bond acceptors (Lipinski definition) is 6. The van der Waals surface area contributed by atoms with Crippen molar-refractivity contribution in [1.29, 1.82) is 0 Å². The molecule has 7 nitrogen and oxygen atoms in total. The molecule has 29 heavy (non-hydrogen) atoms. The average Bonchev–Trinajstić information content (AvgIpc) is 3.20. The van der Waals surface area contributed by atoms with Crippen LogP contribution in [0.15, 0.2) is 42.6 Å². The molecule has 3 aromatic rings. The Balaban J connectivity index is 1.30. The van der Waals surface area contributed by atoms with E-state index < -0.39 is 0 Å². The zero-order chi connectivity index (χ0) is 20.2. The standard InChI is InChI=1S/C20H21FN6OS/c1-14-2-7-17(13-22-14)23-19(28)26-8-10-27(11-9-26)20-24-18(25-29-20)12-15-3-5-16(21)6-4-15/h2-7,13H,8-12H2,1H3,(H,23,28). The number of nitrogens with one attached hydrogen (secondary N) is 1. The lowest BCUT2D eigenvalue weighted by Gasteiger charge is -2.34. The van der Waals surface area contributed by atoms with Gasteiger partial charge in [-0.1, -0.05) is 12.1 Å². The number of nitrogens with zero attached hydrogens (tertiary/aromatic N) is 5. The highest BCUT2D eigenvalue weighted by molar-refractivity contribution is 7.09. The van der Waals surface area contributed by atoms with Crippen molar-refractivity contribution in [2.24, 2.45) is 0 Å². The number of carbonyl (C=O) groups is 1. The van der Waals surface area contributed by atoms with Crippen LogP contribution in [0.3, 0.4) is 0 Å². The Labute approximate surface area is 172 Å². The van der Waals surface area contributed by atoms with Gasteiger partial charge in [0.25, 0.3) is 0 Å². The normalized spacial score (nSPS) is 14.1. The molecule has 1 saturated heterocycles. The van der Waals surface area contributed by atoms with Crippen LogP contribution in [0.5, 0.6) is 0 Å². The van der Waals surface area contributed by atoms with Gasteiger partial charge in [-0.05, 0) is 36.8 Å². The van der Waals surface area contributed by atoms with E-state index in [0.717, 1.165) is 22.2 Å². The lowest BCUT2D eigenvalue weighted by molar-refractivity contribution is 0.208. The number of pyridine rings is 1. The highest BCUT2D eigenvalue weighted by Crippen LogP contribution is 2.21. The number of benzene rings is 1. The smallest absolute Gasteiger partial charge is 0.322 e. The summed E-state index contributed by atoms with van der Waals surface area (Å²) in [6.45, 7) is 4.52. The molecular weight excluding hydrogens is 391 g/mol. The summed E-state index contributed by atoms with van der Waals surface area (Å²) in [5.41, 5.74) is 2.58. The topological polar surface area (TPSA) is 74.2 Å². The minimum absolute atomic E-state index is 0.121. The molecule has 1 aliphatic heterocycles. The van der Waals surface area contributed by atoms with E-state index in [4.69, 9.17) is 0 Å². The van der Waals surface area contributed by atoms with Crippen molar-refractivity contribution in [3.8, 4) is 0 Å². The van der Waals surface area contributed by atoms with E-state index in [1.165, 1.54) is 23.7 Å². The monoisotopic (exact) mass is 412 g/mol. The number of halogens is 1. The van der Waals surface area contributed by atoms with Gasteiger partial charge in [0.15, 0.2) is 0 Å². The second-order valence-electron chi connectivity index (χ2n) is 6.89. The van der Waals surface area contributed by atoms with Crippen molar-refractivity contribution in [1.82, 2.24) is 19.2 Å². The molecule has 0 aliphatic carbocycles. The van der Waals surface area contributed by atoms with E-state index in [1.54, 1.807) is 23.2 Å². The van der Waals surface area contributed by atoms with E-state index in [0.29, 0.717) is 38.3 Å². The average molecular weight is 412 g/mol. The van der Waals surface area contributed by atoms with Crippen LogP contribution in [-0.4, -0.2) is 51.5 Å². The first-order valence-electron chi connectivity index (χ1n) is 9.37. The van der Waals surface area contributed by atoms with Gasteiger partial charge in [-0.25, -0.2) is 14.2 Å². The Morgan fingerprint density at radius 1 is 1.14 bits per heavy atom. The molecule has 2 amide bonds. The van der Waals surface area contributed by atoms with Crippen LogP contribution in [0.2, 0.25) is 0 Å². The Morgan fingerprint density at radius 3 is 2.59 bits per heavy atom. The first kappa shape index (κ1) is 19.3. The van der Waals surface area contributed by atoms with Gasteiger partial charge in [0.05, 0.1) is 11.9 Å². The molecule has 1 aromatic carbocycles. The molecule has 0 saturated carbocycles. The molecular formula is C20H21FN6OS. The van der Waals surface area contributed by atoms with Gasteiger partial charge in [-0.15, -0.1) is 0 Å². The minimum atomic E-state index is -0.249. The molecule has 2 aromatic heterocycles. The number of urea groups is 1. The van der Waals surface area contributed by atoms with Gasteiger partial charge in [0.2, 0.25) is 5.13 Å². The van der Waals surface area contributed by atoms with Gasteiger partial charge in [-0.2, -0.15) is 4.37 Å². The number of hydrogen-bond donors (Lipinski definition) is 1. The van der Waals surface area contributed by atoms with Crippen molar-refractivity contribution in [3.63, 3.8) is 0 Å². The molecule has 9 heteroatoms. The van der Waals surface area contributed by atoms with Crippen LogP contribution >= 0.6 is 11.5 Å². The number of amides is 2. The maximum Gasteiger partial charge on any atom is 0.322 e. The van der Waals surface area contributed by atoms with Gasteiger partial charge in [0.1, 0.15) is 11.6 Å². The highest BCUT2D eigenvalue weighted by Gasteiger charge is 2.23. The summed E-state index contributed by atoms with van der Waals surface area (Å²) in [6, 6.07) is 9.98. The number of carbonyl (C=O) groups excluding carboxylic acids is 1. The van der Waals surface area contributed by atoms with Gasteiger partial charge in [0, 0.05) is 49.8 Å². The fraction of sp³-hybridized carbons (Fsp3) is 0.300. The molecule has 1 fully saturated rings.